The lowest BCUT2D eigenvalue weighted by molar-refractivity contribution is -0.143. The molecule has 0 bridgehead atoms. The van der Waals surface area contributed by atoms with Crippen LogP contribution < -0.4 is 0 Å². The van der Waals surface area contributed by atoms with Gasteiger partial charge in [-0.1, -0.05) is 20.4 Å². The van der Waals surface area contributed by atoms with Crippen LogP contribution >= 0.6 is 7.60 Å². The molecule has 0 spiro atoms. The van der Waals surface area contributed by atoms with Crippen molar-refractivity contribution in [3.8, 4) is 0 Å². The van der Waals surface area contributed by atoms with Gasteiger partial charge in [-0.2, -0.15) is 0 Å². The molecule has 0 heterocycles. The molecule has 0 aliphatic heterocycles. The molecule has 0 aliphatic carbocycles. The molecule has 0 fully saturated rings. The molecule has 0 saturated carbocycles. The molecule has 5 nitrogen and oxygen atoms in total. The van der Waals surface area contributed by atoms with E-state index in [1.807, 2.05) is 0 Å². The SMILES string of the molecule is C=C(C)C(=O)OC(C(C)C)P(=O)(O)O. The average Bonchev–Trinajstić information content (AvgIpc) is 1.96. The van der Waals surface area contributed by atoms with Gasteiger partial charge in [0.2, 0.25) is 5.85 Å². The number of carbonyl (C=O) groups is 1. The van der Waals surface area contributed by atoms with E-state index in [0.717, 1.165) is 0 Å². The van der Waals surface area contributed by atoms with Gasteiger partial charge < -0.3 is 14.5 Å². The molecule has 6 heteroatoms. The standard InChI is InChI=1S/C8H15O5P/c1-5(2)7(9)13-8(6(3)4)14(10,11)12/h6,8H,1H2,2-4H3,(H2,10,11,12). The highest BCUT2D eigenvalue weighted by molar-refractivity contribution is 7.52. The van der Waals surface area contributed by atoms with Crippen molar-refractivity contribution in [3.63, 3.8) is 0 Å². The summed E-state index contributed by atoms with van der Waals surface area (Å²) in [5, 5.41) is 0. The smallest absolute Gasteiger partial charge is 0.366 e. The Bertz CT molecular complexity index is 277. The Morgan fingerprint density at radius 2 is 1.86 bits per heavy atom. The summed E-state index contributed by atoms with van der Waals surface area (Å²) in [6.45, 7) is 7.87. The quantitative estimate of drug-likeness (QED) is 0.425. The third kappa shape index (κ3) is 4.05. The summed E-state index contributed by atoms with van der Waals surface area (Å²) in [4.78, 5) is 28.8. The first-order chi connectivity index (χ1) is 6.16. The molecular formula is C8H15O5P. The van der Waals surface area contributed by atoms with E-state index in [9.17, 15) is 9.36 Å². The number of ether oxygens (including phenoxy) is 1. The fourth-order valence-corrected chi connectivity index (χ4v) is 1.81. The summed E-state index contributed by atoms with van der Waals surface area (Å²) < 4.78 is 15.6. The maximum atomic E-state index is 11.0. The first-order valence-electron chi connectivity index (χ1n) is 4.08. The van der Waals surface area contributed by atoms with Gasteiger partial charge in [-0.05, 0) is 6.92 Å². The highest BCUT2D eigenvalue weighted by Gasteiger charge is 2.35. The van der Waals surface area contributed by atoms with E-state index in [4.69, 9.17) is 9.79 Å². The van der Waals surface area contributed by atoms with Gasteiger partial charge in [-0.25, -0.2) is 4.79 Å². The van der Waals surface area contributed by atoms with Crippen LogP contribution in [-0.2, 0) is 14.1 Å². The van der Waals surface area contributed by atoms with Crippen LogP contribution in [0.2, 0.25) is 0 Å². The van der Waals surface area contributed by atoms with Crippen LogP contribution in [0.1, 0.15) is 20.8 Å². The lowest BCUT2D eigenvalue weighted by Crippen LogP contribution is -2.23. The van der Waals surface area contributed by atoms with Gasteiger partial charge in [0.25, 0.3) is 0 Å². The Hall–Kier alpha value is -0.640. The minimum atomic E-state index is -4.41. The van der Waals surface area contributed by atoms with Crippen molar-refractivity contribution < 1.29 is 23.9 Å². The van der Waals surface area contributed by atoms with E-state index < -0.39 is 25.3 Å². The van der Waals surface area contributed by atoms with Crippen molar-refractivity contribution in [2.45, 2.75) is 26.6 Å². The Balaban J connectivity index is 4.65. The Morgan fingerprint density at radius 1 is 1.43 bits per heavy atom. The molecule has 0 saturated heterocycles. The molecule has 1 unspecified atom stereocenters. The normalized spacial score (nSPS) is 13.9. The second kappa shape index (κ2) is 4.73. The highest BCUT2D eigenvalue weighted by Crippen LogP contribution is 2.45. The monoisotopic (exact) mass is 222 g/mol. The third-order valence-corrected chi connectivity index (χ3v) is 2.84. The molecule has 0 aromatic heterocycles. The minimum absolute atomic E-state index is 0.115. The maximum Gasteiger partial charge on any atom is 0.366 e. The molecule has 0 aromatic rings. The molecule has 0 radical (unpaired) electrons. The van der Waals surface area contributed by atoms with Crippen LogP contribution in [-0.4, -0.2) is 21.6 Å². The van der Waals surface area contributed by atoms with E-state index in [-0.39, 0.29) is 5.57 Å². The maximum absolute atomic E-state index is 11.0. The fraction of sp³-hybridized carbons (Fsp3) is 0.625. The van der Waals surface area contributed by atoms with Gasteiger partial charge in [0.05, 0.1) is 0 Å². The predicted molar refractivity (Wildman–Crippen MR) is 51.6 cm³/mol. The molecule has 2 N–H and O–H groups in total. The first-order valence-corrected chi connectivity index (χ1v) is 5.76. The van der Waals surface area contributed by atoms with Gasteiger partial charge in [-0.3, -0.25) is 4.57 Å². The summed E-state index contributed by atoms with van der Waals surface area (Å²) in [6.07, 6.45) is 0. The minimum Gasteiger partial charge on any atom is -0.446 e. The lowest BCUT2D eigenvalue weighted by Gasteiger charge is -2.21. The second-order valence-electron chi connectivity index (χ2n) is 3.41. The van der Waals surface area contributed by atoms with Crippen molar-refractivity contribution in [2.75, 3.05) is 0 Å². The van der Waals surface area contributed by atoms with Crippen molar-refractivity contribution in [1.82, 2.24) is 0 Å². The zero-order valence-electron chi connectivity index (χ0n) is 8.43. The average molecular weight is 222 g/mol. The number of esters is 1. The molecule has 14 heavy (non-hydrogen) atoms. The molecule has 0 aliphatic rings. The fourth-order valence-electron chi connectivity index (χ4n) is 0.803. The molecule has 1 atom stereocenters. The van der Waals surface area contributed by atoms with E-state index in [2.05, 4.69) is 11.3 Å². The van der Waals surface area contributed by atoms with Gasteiger partial charge in [0.1, 0.15) is 0 Å². The van der Waals surface area contributed by atoms with Crippen LogP contribution in [0.3, 0.4) is 0 Å². The van der Waals surface area contributed by atoms with Crippen LogP contribution in [0, 0.1) is 5.92 Å². The van der Waals surface area contributed by atoms with Gasteiger partial charge >= 0.3 is 13.6 Å². The Morgan fingerprint density at radius 3 is 2.07 bits per heavy atom. The molecule has 82 valence electrons. The second-order valence-corrected chi connectivity index (χ2v) is 5.10. The van der Waals surface area contributed by atoms with Crippen molar-refractivity contribution in [2.24, 2.45) is 5.92 Å². The summed E-state index contributed by atoms with van der Waals surface area (Å²) in [5.41, 5.74) is 0.115. The van der Waals surface area contributed by atoms with Gasteiger partial charge in [-0.15, -0.1) is 0 Å². The number of hydrogen-bond acceptors (Lipinski definition) is 3. The van der Waals surface area contributed by atoms with E-state index in [0.29, 0.717) is 0 Å². The third-order valence-electron chi connectivity index (χ3n) is 1.48. The lowest BCUT2D eigenvalue weighted by atomic mass is 10.2. The molecular weight excluding hydrogens is 207 g/mol. The largest absolute Gasteiger partial charge is 0.446 e. The zero-order chi connectivity index (χ0) is 11.5. The molecule has 0 rings (SSSR count). The van der Waals surface area contributed by atoms with E-state index >= 15 is 0 Å². The Labute approximate surface area is 82.9 Å². The van der Waals surface area contributed by atoms with Crippen LogP contribution in [0.25, 0.3) is 0 Å². The van der Waals surface area contributed by atoms with Crippen molar-refractivity contribution >= 4 is 13.6 Å². The van der Waals surface area contributed by atoms with Gasteiger partial charge in [0, 0.05) is 11.5 Å². The number of rotatable bonds is 4. The van der Waals surface area contributed by atoms with Gasteiger partial charge in [0.15, 0.2) is 0 Å². The zero-order valence-corrected chi connectivity index (χ0v) is 9.32. The Kier molecular flexibility index (Phi) is 4.52. The number of hydrogen-bond donors (Lipinski definition) is 2. The van der Waals surface area contributed by atoms with E-state index in [1.54, 1.807) is 13.8 Å². The summed E-state index contributed by atoms with van der Waals surface area (Å²) >= 11 is 0. The van der Waals surface area contributed by atoms with Crippen molar-refractivity contribution in [3.05, 3.63) is 12.2 Å². The van der Waals surface area contributed by atoms with Crippen LogP contribution in [0.15, 0.2) is 12.2 Å². The topological polar surface area (TPSA) is 83.8 Å². The van der Waals surface area contributed by atoms with Crippen LogP contribution in [0.5, 0.6) is 0 Å². The first kappa shape index (κ1) is 13.4. The number of carbonyl (C=O) groups excluding carboxylic acids is 1. The summed E-state index contributed by atoms with van der Waals surface area (Å²) in [7, 11) is -4.41. The van der Waals surface area contributed by atoms with Crippen molar-refractivity contribution in [1.29, 1.82) is 0 Å². The highest BCUT2D eigenvalue weighted by atomic mass is 31.2. The molecule has 0 amide bonds. The molecule has 0 aromatic carbocycles. The van der Waals surface area contributed by atoms with Crippen LogP contribution in [0.4, 0.5) is 0 Å². The summed E-state index contributed by atoms with van der Waals surface area (Å²) in [6, 6.07) is 0. The van der Waals surface area contributed by atoms with E-state index in [1.165, 1.54) is 6.92 Å². The predicted octanol–water partition coefficient (Wildman–Crippen LogP) is 1.27. The summed E-state index contributed by atoms with van der Waals surface area (Å²) in [5.74, 6) is -2.63.